The van der Waals surface area contributed by atoms with Crippen molar-refractivity contribution >= 4 is 0 Å². The van der Waals surface area contributed by atoms with E-state index in [9.17, 15) is 0 Å². The zero-order chi connectivity index (χ0) is 10.4. The Kier molecular flexibility index (Phi) is 17.4. The second-order valence-corrected chi connectivity index (χ2v) is 3.98. The predicted octanol–water partition coefficient (Wildman–Crippen LogP) is -3.80. The van der Waals surface area contributed by atoms with Gasteiger partial charge in [-0.1, -0.05) is 0 Å². The van der Waals surface area contributed by atoms with Crippen LogP contribution >= 0.6 is 0 Å². The Bertz CT molecular complexity index is 249. The summed E-state index contributed by atoms with van der Waals surface area (Å²) in [7, 11) is 0. The fraction of sp³-hybridized carbons (Fsp3) is 0. The molecule has 0 aromatic heterocycles. The fourth-order valence-corrected chi connectivity index (χ4v) is 0. The molecule has 0 unspecified atom stereocenters. The summed E-state index contributed by atoms with van der Waals surface area (Å²) >= 11 is -10.9. The molecule has 4 N–H and O–H groups in total. The molecule has 11 nitrogen and oxygen atoms in total. The van der Waals surface area contributed by atoms with Crippen molar-refractivity contribution in [1.82, 2.24) is 0 Å². The molecule has 84 valence electrons. The molecule has 0 saturated heterocycles. The topological polar surface area (TPSA) is 205 Å². The SMILES string of the molecule is O.[O]=[Cr](=[O])([O-])[O]O.[O]=[Cr](=[O])([O-])[O]O.[Zn+2]. The van der Waals surface area contributed by atoms with Gasteiger partial charge in [-0.25, -0.2) is 0 Å². The van der Waals surface area contributed by atoms with Crippen LogP contribution in [0.5, 0.6) is 0 Å². The molecule has 0 aliphatic rings. The first-order valence-corrected chi connectivity index (χ1v) is 5.86. The van der Waals surface area contributed by atoms with E-state index in [0.717, 1.165) is 0 Å². The maximum atomic E-state index is 9.05. The van der Waals surface area contributed by atoms with E-state index in [1.54, 1.807) is 0 Å². The standard InChI is InChI=1S/2Cr.2H2O2.H2O.6O.Zn/c;;2*1-2;;;;;;;;/h;;2*1-2H;1H2;;;;;;;/q2*+1;;;;;;;;2*-1;+2/p-2. The van der Waals surface area contributed by atoms with Crippen LogP contribution in [0, 0.1) is 0 Å². The molecule has 0 aromatic carbocycles. The molecule has 0 aromatic rings. The van der Waals surface area contributed by atoms with Gasteiger partial charge >= 0.3 is 88.6 Å². The molecule has 14 heteroatoms. The number of hydrogen-bond acceptors (Lipinski definition) is 10. The first-order chi connectivity index (χ1) is 5.12. The molecule has 0 amide bonds. The molecule has 0 atom stereocenters. The van der Waals surface area contributed by atoms with Crippen molar-refractivity contribution in [2.24, 2.45) is 0 Å². The third kappa shape index (κ3) is 38.9. The van der Waals surface area contributed by atoms with E-state index < -0.39 is 27.2 Å². The van der Waals surface area contributed by atoms with Gasteiger partial charge in [0.15, 0.2) is 0 Å². The van der Waals surface area contributed by atoms with Gasteiger partial charge in [-0.3, -0.25) is 0 Å². The van der Waals surface area contributed by atoms with E-state index in [2.05, 4.69) is 7.88 Å². The smallest absolute Gasteiger partial charge is 2.00 e. The van der Waals surface area contributed by atoms with Crippen LogP contribution in [-0.4, -0.2) is 16.0 Å². The molecule has 0 aliphatic carbocycles. The van der Waals surface area contributed by atoms with Crippen molar-refractivity contribution in [2.45, 2.75) is 0 Å². The van der Waals surface area contributed by atoms with Gasteiger partial charge in [0, 0.05) is 0 Å². The Hall–Kier alpha value is 0.608. The largest absolute Gasteiger partial charge is 2.00 e. The Morgan fingerprint density at radius 2 is 0.929 bits per heavy atom. The molecule has 0 rings (SSSR count). The van der Waals surface area contributed by atoms with Crippen LogP contribution in [0.3, 0.4) is 0 Å². The first kappa shape index (κ1) is 24.0. The van der Waals surface area contributed by atoms with Crippen LogP contribution in [0.25, 0.3) is 0 Å². The van der Waals surface area contributed by atoms with Crippen molar-refractivity contribution in [3.8, 4) is 0 Å². The maximum absolute atomic E-state index is 9.05. The van der Waals surface area contributed by atoms with Gasteiger partial charge in [-0.2, -0.15) is 0 Å². The van der Waals surface area contributed by atoms with Crippen molar-refractivity contribution in [1.29, 1.82) is 0 Å². The van der Waals surface area contributed by atoms with Crippen molar-refractivity contribution in [2.75, 3.05) is 0 Å². The molecule has 0 heterocycles. The quantitative estimate of drug-likeness (QED) is 0.282. The van der Waals surface area contributed by atoms with Gasteiger partial charge in [0.05, 0.1) is 0 Å². The van der Waals surface area contributed by atoms with Crippen molar-refractivity contribution < 1.29 is 94.1 Å². The summed E-state index contributed by atoms with van der Waals surface area (Å²) in [4.78, 5) is 0. The van der Waals surface area contributed by atoms with Gasteiger partial charge in [0.2, 0.25) is 0 Å². The van der Waals surface area contributed by atoms with Crippen LogP contribution in [0.4, 0.5) is 0 Å². The summed E-state index contributed by atoms with van der Waals surface area (Å²) in [5.74, 6) is 0. The average Bonchev–Trinajstić information content (AvgIpc) is 1.86. The van der Waals surface area contributed by atoms with Crippen LogP contribution in [-0.2, 0) is 69.8 Å². The summed E-state index contributed by atoms with van der Waals surface area (Å²) in [5.41, 5.74) is 0. The third-order valence-corrected chi connectivity index (χ3v) is 0.753. The van der Waals surface area contributed by atoms with Gasteiger partial charge in [0.25, 0.3) is 0 Å². The van der Waals surface area contributed by atoms with Gasteiger partial charge in [-0.05, 0) is 0 Å². The zero-order valence-electron chi connectivity index (χ0n) is 6.18. The van der Waals surface area contributed by atoms with E-state index in [1.807, 2.05) is 0 Å². The molecular weight excluding hydrogens is 345 g/mol. The first-order valence-electron chi connectivity index (χ1n) is 1.70. The van der Waals surface area contributed by atoms with Crippen LogP contribution in [0.2, 0.25) is 0 Å². The molecule has 0 fully saturated rings. The second-order valence-electron chi connectivity index (χ2n) is 0.966. The molecule has 0 saturated carbocycles. The predicted molar refractivity (Wildman–Crippen MR) is 13.8 cm³/mol. The molecule has 14 heavy (non-hydrogen) atoms. The molecule has 0 aliphatic heterocycles. The molecular formula is H4Cr2O11Zn. The minimum Gasteiger partial charge on any atom is 2.00 e. The Morgan fingerprint density at radius 1 is 0.857 bits per heavy atom. The summed E-state index contributed by atoms with van der Waals surface area (Å²) in [6.07, 6.45) is 0. The van der Waals surface area contributed by atoms with Crippen molar-refractivity contribution in [3.63, 3.8) is 0 Å². The van der Waals surface area contributed by atoms with E-state index in [1.165, 1.54) is 0 Å². The Labute approximate surface area is 94.0 Å². The zero-order valence-corrected chi connectivity index (χ0v) is 11.7. The summed E-state index contributed by atoms with van der Waals surface area (Å²) in [5, 5.41) is 14.1. The van der Waals surface area contributed by atoms with E-state index >= 15 is 0 Å². The molecule has 0 radical (unpaired) electrons. The Balaban J connectivity index is -0.0000000625. The fourth-order valence-electron chi connectivity index (χ4n) is 0. The summed E-state index contributed by atoms with van der Waals surface area (Å²) in [6, 6.07) is 0. The van der Waals surface area contributed by atoms with Crippen molar-refractivity contribution in [3.05, 3.63) is 0 Å². The van der Waals surface area contributed by atoms with Crippen LogP contribution in [0.15, 0.2) is 0 Å². The number of hydrogen-bond donors (Lipinski definition) is 2. The summed E-state index contributed by atoms with van der Waals surface area (Å²) in [6.45, 7) is 0. The summed E-state index contributed by atoms with van der Waals surface area (Å²) < 4.78 is 59.1. The molecule has 0 spiro atoms. The third-order valence-electron chi connectivity index (χ3n) is 0.183. The average molecular weight is 349 g/mol. The minimum absolute atomic E-state index is 0. The van der Waals surface area contributed by atoms with Gasteiger partial charge in [0.1, 0.15) is 0 Å². The van der Waals surface area contributed by atoms with Gasteiger partial charge < -0.3 is 5.48 Å². The van der Waals surface area contributed by atoms with E-state index in [4.69, 9.17) is 34.0 Å². The Morgan fingerprint density at radius 3 is 0.929 bits per heavy atom. The minimum atomic E-state index is -5.47. The molecule has 0 bridgehead atoms. The normalized spacial score (nSPS) is 10.0. The van der Waals surface area contributed by atoms with Crippen LogP contribution < -0.4 is 8.32 Å². The van der Waals surface area contributed by atoms with Gasteiger partial charge in [-0.15, -0.1) is 0 Å². The number of rotatable bonds is 2. The van der Waals surface area contributed by atoms with Crippen LogP contribution in [0.1, 0.15) is 0 Å². The van der Waals surface area contributed by atoms with E-state index in [-0.39, 0.29) is 25.0 Å². The second kappa shape index (κ2) is 10.1. The maximum Gasteiger partial charge on any atom is 2.00 e. The monoisotopic (exact) mass is 348 g/mol. The van der Waals surface area contributed by atoms with E-state index in [0.29, 0.717) is 0 Å².